The van der Waals surface area contributed by atoms with Crippen LogP contribution in [-0.4, -0.2) is 39.7 Å². The topological polar surface area (TPSA) is 92.8 Å². The summed E-state index contributed by atoms with van der Waals surface area (Å²) in [5.74, 6) is -1.34. The van der Waals surface area contributed by atoms with Crippen molar-refractivity contribution in [1.82, 2.24) is 0 Å². The monoisotopic (exact) mass is 444 g/mol. The average molecular weight is 444 g/mol. The van der Waals surface area contributed by atoms with E-state index in [9.17, 15) is 31.2 Å². The van der Waals surface area contributed by atoms with Crippen molar-refractivity contribution < 1.29 is 35.9 Å². The van der Waals surface area contributed by atoms with Crippen LogP contribution in [0.15, 0.2) is 48.5 Å². The summed E-state index contributed by atoms with van der Waals surface area (Å²) < 4.78 is 67.9. The molecular formula is C19H19F3N2O5S. The first-order chi connectivity index (χ1) is 13.9. The molecule has 7 nitrogen and oxygen atoms in total. The third-order valence-electron chi connectivity index (χ3n) is 3.83. The van der Waals surface area contributed by atoms with Crippen LogP contribution in [0.25, 0.3) is 0 Å². The Balaban J connectivity index is 2.19. The Morgan fingerprint density at radius 2 is 1.73 bits per heavy atom. The molecule has 0 aliphatic heterocycles. The summed E-state index contributed by atoms with van der Waals surface area (Å²) in [6, 6.07) is 9.24. The molecule has 0 spiro atoms. The number of nitrogens with one attached hydrogen (secondary N) is 1. The van der Waals surface area contributed by atoms with E-state index >= 15 is 0 Å². The summed E-state index contributed by atoms with van der Waals surface area (Å²) in [6.07, 6.45) is -3.74. The molecule has 0 aliphatic carbocycles. The van der Waals surface area contributed by atoms with E-state index in [2.05, 4.69) is 5.32 Å². The van der Waals surface area contributed by atoms with Gasteiger partial charge in [0.1, 0.15) is 6.54 Å². The quantitative estimate of drug-likeness (QED) is 0.662. The molecule has 30 heavy (non-hydrogen) atoms. The molecule has 0 aliphatic rings. The molecule has 0 saturated carbocycles. The number of amides is 1. The first kappa shape index (κ1) is 23.2. The zero-order valence-corrected chi connectivity index (χ0v) is 16.9. The summed E-state index contributed by atoms with van der Waals surface area (Å²) in [5, 5.41) is 2.45. The molecule has 2 aromatic rings. The highest BCUT2D eigenvalue weighted by atomic mass is 32.2. The van der Waals surface area contributed by atoms with E-state index in [1.807, 2.05) is 0 Å². The number of halogens is 3. The fraction of sp³-hybridized carbons (Fsp3) is 0.263. The Morgan fingerprint density at radius 3 is 2.27 bits per heavy atom. The van der Waals surface area contributed by atoms with Crippen LogP contribution in [0.3, 0.4) is 0 Å². The number of hydrogen-bond donors (Lipinski definition) is 1. The number of rotatable bonds is 7. The molecule has 0 saturated heterocycles. The number of alkyl halides is 3. The smallest absolute Gasteiger partial charge is 0.416 e. The van der Waals surface area contributed by atoms with Gasteiger partial charge in [-0.25, -0.2) is 13.2 Å². The largest absolute Gasteiger partial charge is 0.462 e. The summed E-state index contributed by atoms with van der Waals surface area (Å²) in [5.41, 5.74) is -0.621. The molecular weight excluding hydrogens is 425 g/mol. The lowest BCUT2D eigenvalue weighted by Crippen LogP contribution is -2.37. The minimum atomic E-state index is -4.57. The molecule has 2 aromatic carbocycles. The van der Waals surface area contributed by atoms with E-state index in [1.165, 1.54) is 24.3 Å². The number of carbonyl (C=O) groups excluding carboxylic acids is 2. The second kappa shape index (κ2) is 9.16. The highest BCUT2D eigenvalue weighted by Crippen LogP contribution is 2.31. The van der Waals surface area contributed by atoms with Crippen molar-refractivity contribution in [1.29, 1.82) is 0 Å². The molecule has 0 aromatic heterocycles. The van der Waals surface area contributed by atoms with Gasteiger partial charge in [0.2, 0.25) is 15.9 Å². The number of carbonyl (C=O) groups is 2. The van der Waals surface area contributed by atoms with Gasteiger partial charge in [-0.2, -0.15) is 13.2 Å². The summed E-state index contributed by atoms with van der Waals surface area (Å²) in [4.78, 5) is 24.1. The lowest BCUT2D eigenvalue weighted by molar-refractivity contribution is -0.137. The molecule has 2 rings (SSSR count). The Kier molecular flexibility index (Phi) is 7.08. The highest BCUT2D eigenvalue weighted by Gasteiger charge is 2.31. The van der Waals surface area contributed by atoms with E-state index in [1.54, 1.807) is 6.92 Å². The highest BCUT2D eigenvalue weighted by molar-refractivity contribution is 7.92. The molecule has 0 bridgehead atoms. The van der Waals surface area contributed by atoms with Crippen molar-refractivity contribution in [3.05, 3.63) is 59.7 Å². The van der Waals surface area contributed by atoms with Gasteiger partial charge in [-0.1, -0.05) is 6.07 Å². The third-order valence-corrected chi connectivity index (χ3v) is 4.97. The molecule has 162 valence electrons. The molecule has 0 fully saturated rings. The number of anilines is 2. The Bertz CT molecular complexity index is 1020. The first-order valence-corrected chi connectivity index (χ1v) is 10.5. The van der Waals surface area contributed by atoms with Crippen molar-refractivity contribution in [3.8, 4) is 0 Å². The van der Waals surface area contributed by atoms with Crippen LogP contribution in [0.2, 0.25) is 0 Å². The van der Waals surface area contributed by atoms with E-state index < -0.39 is 40.2 Å². The maximum absolute atomic E-state index is 12.7. The minimum Gasteiger partial charge on any atom is -0.462 e. The fourth-order valence-electron chi connectivity index (χ4n) is 2.49. The van der Waals surface area contributed by atoms with Gasteiger partial charge in [0.05, 0.1) is 29.7 Å². The number of esters is 1. The van der Waals surface area contributed by atoms with Crippen molar-refractivity contribution in [3.63, 3.8) is 0 Å². The molecule has 11 heteroatoms. The lowest BCUT2D eigenvalue weighted by atomic mass is 10.2. The van der Waals surface area contributed by atoms with Gasteiger partial charge < -0.3 is 10.1 Å². The first-order valence-electron chi connectivity index (χ1n) is 8.64. The standard InChI is InChI=1S/C19H19F3N2O5S/c1-3-29-18(26)13-5-4-6-15(11-13)23-17(25)12-24(30(2,27)28)16-9-7-14(8-10-16)19(20,21)22/h4-11H,3,12H2,1-2H3,(H,23,25). The number of hydrogen-bond acceptors (Lipinski definition) is 5. The number of nitrogens with zero attached hydrogens (tertiary/aromatic N) is 1. The van der Waals surface area contributed by atoms with Crippen molar-refractivity contribution >= 4 is 33.3 Å². The molecule has 0 unspecified atom stereocenters. The number of ether oxygens (including phenoxy) is 1. The third kappa shape index (κ3) is 6.21. The van der Waals surface area contributed by atoms with Crippen LogP contribution in [0, 0.1) is 0 Å². The van der Waals surface area contributed by atoms with E-state index in [-0.39, 0.29) is 23.5 Å². The second-order valence-corrected chi connectivity index (χ2v) is 8.07. The minimum absolute atomic E-state index is 0.0964. The summed E-state index contributed by atoms with van der Waals surface area (Å²) >= 11 is 0. The molecule has 1 amide bonds. The van der Waals surface area contributed by atoms with Gasteiger partial charge in [-0.15, -0.1) is 0 Å². The van der Waals surface area contributed by atoms with Gasteiger partial charge in [-0.3, -0.25) is 9.10 Å². The van der Waals surface area contributed by atoms with Crippen LogP contribution in [0.1, 0.15) is 22.8 Å². The van der Waals surface area contributed by atoms with E-state index in [0.29, 0.717) is 4.31 Å². The number of benzene rings is 2. The predicted molar refractivity (Wildman–Crippen MR) is 105 cm³/mol. The van der Waals surface area contributed by atoms with Crippen molar-refractivity contribution in [2.45, 2.75) is 13.1 Å². The van der Waals surface area contributed by atoms with Crippen LogP contribution >= 0.6 is 0 Å². The fourth-order valence-corrected chi connectivity index (χ4v) is 3.34. The summed E-state index contributed by atoms with van der Waals surface area (Å²) in [7, 11) is -3.97. The number of sulfonamides is 1. The Morgan fingerprint density at radius 1 is 1.10 bits per heavy atom. The maximum Gasteiger partial charge on any atom is 0.416 e. The molecule has 0 heterocycles. The SMILES string of the molecule is CCOC(=O)c1cccc(NC(=O)CN(c2ccc(C(F)(F)F)cc2)S(C)(=O)=O)c1. The van der Waals surface area contributed by atoms with Crippen LogP contribution in [0.5, 0.6) is 0 Å². The van der Waals surface area contributed by atoms with E-state index in [0.717, 1.165) is 30.5 Å². The van der Waals surface area contributed by atoms with Gasteiger partial charge in [0, 0.05) is 5.69 Å². The van der Waals surface area contributed by atoms with Crippen LogP contribution < -0.4 is 9.62 Å². The second-order valence-electron chi connectivity index (χ2n) is 6.16. The van der Waals surface area contributed by atoms with Crippen molar-refractivity contribution in [2.24, 2.45) is 0 Å². The van der Waals surface area contributed by atoms with Gasteiger partial charge in [0.15, 0.2) is 0 Å². The Hall–Kier alpha value is -3.08. The predicted octanol–water partition coefficient (Wildman–Crippen LogP) is 3.29. The Labute approximate surface area is 171 Å². The maximum atomic E-state index is 12.7. The van der Waals surface area contributed by atoms with Gasteiger partial charge >= 0.3 is 12.1 Å². The van der Waals surface area contributed by atoms with Crippen LogP contribution in [0.4, 0.5) is 24.5 Å². The normalized spacial score (nSPS) is 11.6. The zero-order valence-electron chi connectivity index (χ0n) is 16.1. The van der Waals surface area contributed by atoms with Crippen LogP contribution in [-0.2, 0) is 25.7 Å². The van der Waals surface area contributed by atoms with E-state index in [4.69, 9.17) is 4.74 Å². The van der Waals surface area contributed by atoms with Gasteiger partial charge in [-0.05, 0) is 49.4 Å². The molecule has 0 atom stereocenters. The van der Waals surface area contributed by atoms with Gasteiger partial charge in [0.25, 0.3) is 0 Å². The molecule has 1 N–H and O–H groups in total. The average Bonchev–Trinajstić information content (AvgIpc) is 2.65. The summed E-state index contributed by atoms with van der Waals surface area (Å²) in [6.45, 7) is 1.14. The lowest BCUT2D eigenvalue weighted by Gasteiger charge is -2.22. The van der Waals surface area contributed by atoms with Crippen molar-refractivity contribution in [2.75, 3.05) is 29.0 Å². The molecule has 0 radical (unpaired) electrons. The zero-order chi connectivity index (χ0) is 22.5.